The maximum absolute atomic E-state index is 13.0. The predicted octanol–water partition coefficient (Wildman–Crippen LogP) is 2.80. The maximum Gasteiger partial charge on any atom is 0.272 e. The van der Waals surface area contributed by atoms with Crippen LogP contribution >= 0.6 is 0 Å². The van der Waals surface area contributed by atoms with E-state index in [1.165, 1.54) is 12.1 Å². The van der Waals surface area contributed by atoms with Gasteiger partial charge in [-0.25, -0.2) is 4.39 Å². The van der Waals surface area contributed by atoms with Gasteiger partial charge in [-0.15, -0.1) is 0 Å². The summed E-state index contributed by atoms with van der Waals surface area (Å²) in [6, 6.07) is 7.70. The van der Waals surface area contributed by atoms with E-state index in [1.54, 1.807) is 29.1 Å². The number of amides is 1. The fraction of sp³-hybridized carbons (Fsp3) is 0.368. The summed E-state index contributed by atoms with van der Waals surface area (Å²) in [6.07, 6.45) is 3.19. The van der Waals surface area contributed by atoms with E-state index < -0.39 is 0 Å². The number of benzene rings is 1. The largest absolute Gasteiger partial charge is 0.337 e. The van der Waals surface area contributed by atoms with Gasteiger partial charge in [0.15, 0.2) is 5.82 Å². The van der Waals surface area contributed by atoms with Gasteiger partial charge in [0.1, 0.15) is 11.5 Å². The second kappa shape index (κ2) is 7.30. The van der Waals surface area contributed by atoms with Crippen LogP contribution in [0.1, 0.15) is 29.7 Å². The minimum Gasteiger partial charge on any atom is -0.337 e. The first-order chi connectivity index (χ1) is 13.1. The molecule has 7 nitrogen and oxygen atoms in total. The van der Waals surface area contributed by atoms with Crippen molar-refractivity contribution in [2.45, 2.75) is 26.3 Å². The Morgan fingerprint density at radius 2 is 2.11 bits per heavy atom. The fourth-order valence-electron chi connectivity index (χ4n) is 3.42. The van der Waals surface area contributed by atoms with Crippen LogP contribution in [0, 0.1) is 11.7 Å². The van der Waals surface area contributed by atoms with Crippen molar-refractivity contribution in [3.63, 3.8) is 0 Å². The molecule has 1 amide bonds. The molecule has 0 aliphatic carbocycles. The smallest absolute Gasteiger partial charge is 0.272 e. The monoisotopic (exact) mass is 369 g/mol. The molecule has 1 atom stereocenters. The van der Waals surface area contributed by atoms with Crippen LogP contribution in [0.2, 0.25) is 0 Å². The Morgan fingerprint density at radius 3 is 2.89 bits per heavy atom. The summed E-state index contributed by atoms with van der Waals surface area (Å²) in [6.45, 7) is 4.00. The third-order valence-corrected chi connectivity index (χ3v) is 4.84. The highest BCUT2D eigenvalue weighted by atomic mass is 19.1. The molecule has 0 saturated carbocycles. The zero-order valence-electron chi connectivity index (χ0n) is 15.0. The first-order valence-corrected chi connectivity index (χ1v) is 9.03. The maximum atomic E-state index is 13.0. The average Bonchev–Trinajstić information content (AvgIpc) is 3.42. The molecule has 140 valence electrons. The van der Waals surface area contributed by atoms with E-state index in [9.17, 15) is 9.18 Å². The highest BCUT2D eigenvalue weighted by Crippen LogP contribution is 2.23. The van der Waals surface area contributed by atoms with Crippen LogP contribution in [0.15, 0.2) is 41.1 Å². The lowest BCUT2D eigenvalue weighted by molar-refractivity contribution is 0.0774. The molecule has 0 bridgehead atoms. The van der Waals surface area contributed by atoms with E-state index in [-0.39, 0.29) is 17.6 Å². The minimum absolute atomic E-state index is 0.0111. The van der Waals surface area contributed by atoms with Gasteiger partial charge in [0.05, 0.1) is 0 Å². The Kier molecular flexibility index (Phi) is 4.70. The van der Waals surface area contributed by atoms with Crippen molar-refractivity contribution in [2.75, 3.05) is 13.1 Å². The summed E-state index contributed by atoms with van der Waals surface area (Å²) >= 11 is 0. The summed E-state index contributed by atoms with van der Waals surface area (Å²) in [7, 11) is 0. The van der Waals surface area contributed by atoms with Gasteiger partial charge in [0, 0.05) is 37.8 Å². The summed E-state index contributed by atoms with van der Waals surface area (Å²) in [5.41, 5.74) is 1.31. The lowest BCUT2D eigenvalue weighted by Gasteiger charge is -2.16. The van der Waals surface area contributed by atoms with Gasteiger partial charge >= 0.3 is 0 Å². The standard InChI is InChI=1S/C19H20FN5O2/c1-2-25-16(7-9-21-25)19(26)24-10-8-13(12-24)11-17-22-18(27-23-17)14-3-5-15(20)6-4-14/h3-7,9,13H,2,8,10-12H2,1H3. The molecule has 1 aromatic carbocycles. The summed E-state index contributed by atoms with van der Waals surface area (Å²) in [5, 5.41) is 8.19. The van der Waals surface area contributed by atoms with Gasteiger partial charge in [0.2, 0.25) is 0 Å². The Hall–Kier alpha value is -3.03. The van der Waals surface area contributed by atoms with Gasteiger partial charge in [0.25, 0.3) is 11.8 Å². The third-order valence-electron chi connectivity index (χ3n) is 4.84. The number of likely N-dealkylation sites (tertiary alicyclic amines) is 1. The molecule has 3 heterocycles. The normalized spacial score (nSPS) is 16.8. The molecule has 3 aromatic rings. The van der Waals surface area contributed by atoms with E-state index >= 15 is 0 Å². The Morgan fingerprint density at radius 1 is 1.30 bits per heavy atom. The molecule has 0 spiro atoms. The van der Waals surface area contributed by atoms with Crippen molar-refractivity contribution >= 4 is 5.91 Å². The van der Waals surface area contributed by atoms with Crippen LogP contribution in [-0.2, 0) is 13.0 Å². The number of aromatic nitrogens is 4. The molecule has 1 aliphatic rings. The third kappa shape index (κ3) is 3.60. The quantitative estimate of drug-likeness (QED) is 0.691. The van der Waals surface area contributed by atoms with Gasteiger partial charge in [-0.2, -0.15) is 10.1 Å². The van der Waals surface area contributed by atoms with Crippen molar-refractivity contribution in [1.82, 2.24) is 24.8 Å². The molecular formula is C19H20FN5O2. The SMILES string of the molecule is CCn1nccc1C(=O)N1CCC(Cc2noc(-c3ccc(F)cc3)n2)C1. The second-order valence-electron chi connectivity index (χ2n) is 6.66. The van der Waals surface area contributed by atoms with E-state index in [0.29, 0.717) is 49.0 Å². The van der Waals surface area contributed by atoms with E-state index in [1.807, 2.05) is 11.8 Å². The van der Waals surface area contributed by atoms with Crippen LogP contribution < -0.4 is 0 Å². The first-order valence-electron chi connectivity index (χ1n) is 9.03. The zero-order chi connectivity index (χ0) is 18.8. The molecule has 1 saturated heterocycles. The molecule has 27 heavy (non-hydrogen) atoms. The first kappa shape index (κ1) is 17.4. The lowest BCUT2D eigenvalue weighted by Crippen LogP contribution is -2.30. The minimum atomic E-state index is -0.307. The van der Waals surface area contributed by atoms with Crippen LogP contribution in [0.4, 0.5) is 4.39 Å². The molecule has 1 unspecified atom stereocenters. The van der Waals surface area contributed by atoms with Crippen molar-refractivity contribution in [2.24, 2.45) is 5.92 Å². The van der Waals surface area contributed by atoms with Gasteiger partial charge in [-0.3, -0.25) is 9.48 Å². The van der Waals surface area contributed by atoms with Crippen LogP contribution in [0.5, 0.6) is 0 Å². The highest BCUT2D eigenvalue weighted by Gasteiger charge is 2.29. The Balaban J connectivity index is 1.39. The number of carbonyl (C=O) groups is 1. The molecule has 2 aromatic heterocycles. The van der Waals surface area contributed by atoms with Crippen molar-refractivity contribution in [3.8, 4) is 11.5 Å². The average molecular weight is 369 g/mol. The van der Waals surface area contributed by atoms with Crippen molar-refractivity contribution in [3.05, 3.63) is 53.9 Å². The fourth-order valence-corrected chi connectivity index (χ4v) is 3.42. The number of hydrogen-bond acceptors (Lipinski definition) is 5. The molecule has 0 N–H and O–H groups in total. The molecular weight excluding hydrogens is 349 g/mol. The summed E-state index contributed by atoms with van der Waals surface area (Å²) in [5.74, 6) is 0.969. The van der Waals surface area contributed by atoms with E-state index in [0.717, 1.165) is 6.42 Å². The molecule has 1 fully saturated rings. The molecule has 0 radical (unpaired) electrons. The van der Waals surface area contributed by atoms with Crippen LogP contribution in [0.25, 0.3) is 11.5 Å². The number of aryl methyl sites for hydroxylation is 1. The van der Waals surface area contributed by atoms with Crippen LogP contribution in [0.3, 0.4) is 0 Å². The number of rotatable bonds is 5. The number of carbonyl (C=O) groups excluding carboxylic acids is 1. The Bertz CT molecular complexity index is 934. The van der Waals surface area contributed by atoms with Gasteiger partial charge < -0.3 is 9.42 Å². The van der Waals surface area contributed by atoms with Crippen LogP contribution in [-0.4, -0.2) is 43.8 Å². The summed E-state index contributed by atoms with van der Waals surface area (Å²) < 4.78 is 20.0. The van der Waals surface area contributed by atoms with Gasteiger partial charge in [-0.1, -0.05) is 5.16 Å². The predicted molar refractivity (Wildman–Crippen MR) is 95.3 cm³/mol. The van der Waals surface area contributed by atoms with Gasteiger partial charge in [-0.05, 0) is 49.6 Å². The molecule has 8 heteroatoms. The van der Waals surface area contributed by atoms with E-state index in [2.05, 4.69) is 15.2 Å². The van der Waals surface area contributed by atoms with Crippen molar-refractivity contribution in [1.29, 1.82) is 0 Å². The number of halogens is 1. The number of nitrogens with zero attached hydrogens (tertiary/aromatic N) is 5. The molecule has 4 rings (SSSR count). The van der Waals surface area contributed by atoms with E-state index in [4.69, 9.17) is 4.52 Å². The lowest BCUT2D eigenvalue weighted by atomic mass is 10.1. The second-order valence-corrected chi connectivity index (χ2v) is 6.66. The zero-order valence-corrected chi connectivity index (χ0v) is 15.0. The summed E-state index contributed by atoms with van der Waals surface area (Å²) in [4.78, 5) is 18.9. The van der Waals surface area contributed by atoms with Crippen molar-refractivity contribution < 1.29 is 13.7 Å². The number of hydrogen-bond donors (Lipinski definition) is 0. The highest BCUT2D eigenvalue weighted by molar-refractivity contribution is 5.92. The Labute approximate surface area is 155 Å². The molecule has 1 aliphatic heterocycles. The topological polar surface area (TPSA) is 77.0 Å².